The van der Waals surface area contributed by atoms with Crippen LogP contribution in [-0.4, -0.2) is 43.8 Å². The highest BCUT2D eigenvalue weighted by molar-refractivity contribution is 4.88. The first-order valence-corrected chi connectivity index (χ1v) is 7.10. The predicted octanol–water partition coefficient (Wildman–Crippen LogP) is 2.25. The molecule has 2 atom stereocenters. The van der Waals surface area contributed by atoms with Gasteiger partial charge in [0.15, 0.2) is 0 Å². The molecule has 0 radical (unpaired) electrons. The zero-order valence-electron chi connectivity index (χ0n) is 11.9. The molecular formula is C14H30N2O. The maximum Gasteiger partial charge on any atom is 0.0480 e. The number of hydrogen-bond acceptors (Lipinski definition) is 3. The minimum atomic E-state index is 0.124. The lowest BCUT2D eigenvalue weighted by molar-refractivity contribution is 0.0703. The Kier molecular flexibility index (Phi) is 6.45. The quantitative estimate of drug-likeness (QED) is 0.776. The van der Waals surface area contributed by atoms with Gasteiger partial charge in [0.1, 0.15) is 0 Å². The van der Waals surface area contributed by atoms with Gasteiger partial charge in [-0.1, -0.05) is 13.3 Å². The molecule has 0 aromatic carbocycles. The molecule has 1 aliphatic heterocycles. The fraction of sp³-hybridized carbons (Fsp3) is 1.00. The second-order valence-corrected chi connectivity index (χ2v) is 5.64. The van der Waals surface area contributed by atoms with Crippen molar-refractivity contribution in [3.8, 4) is 0 Å². The standard InChI is InChI=1S/C14H30N2O/c1-4-13-6-5-9-16(10-7-13)14(2,12-15)8-11-17-3/h13H,4-12,15H2,1-3H3. The molecule has 3 nitrogen and oxygen atoms in total. The summed E-state index contributed by atoms with van der Waals surface area (Å²) in [6, 6.07) is 0. The summed E-state index contributed by atoms with van der Waals surface area (Å²) < 4.78 is 5.22. The van der Waals surface area contributed by atoms with Gasteiger partial charge in [0.05, 0.1) is 0 Å². The van der Waals surface area contributed by atoms with Crippen LogP contribution in [0.25, 0.3) is 0 Å². The molecule has 1 heterocycles. The van der Waals surface area contributed by atoms with E-state index in [0.717, 1.165) is 25.5 Å². The van der Waals surface area contributed by atoms with E-state index in [9.17, 15) is 0 Å². The normalized spacial score (nSPS) is 26.5. The fourth-order valence-corrected chi connectivity index (χ4v) is 2.82. The van der Waals surface area contributed by atoms with Crippen LogP contribution in [0.5, 0.6) is 0 Å². The van der Waals surface area contributed by atoms with Crippen molar-refractivity contribution in [3.05, 3.63) is 0 Å². The summed E-state index contributed by atoms with van der Waals surface area (Å²) in [4.78, 5) is 2.60. The molecule has 0 bridgehead atoms. The van der Waals surface area contributed by atoms with Crippen LogP contribution in [-0.2, 0) is 4.74 Å². The number of nitrogens with two attached hydrogens (primary N) is 1. The van der Waals surface area contributed by atoms with E-state index in [1.807, 2.05) is 0 Å². The van der Waals surface area contributed by atoms with Crippen LogP contribution in [0.3, 0.4) is 0 Å². The van der Waals surface area contributed by atoms with E-state index < -0.39 is 0 Å². The van der Waals surface area contributed by atoms with E-state index in [4.69, 9.17) is 10.5 Å². The minimum absolute atomic E-state index is 0.124. The Bertz CT molecular complexity index is 210. The average molecular weight is 242 g/mol. The smallest absolute Gasteiger partial charge is 0.0480 e. The van der Waals surface area contributed by atoms with Crippen LogP contribution in [0.2, 0.25) is 0 Å². The predicted molar refractivity (Wildman–Crippen MR) is 73.2 cm³/mol. The van der Waals surface area contributed by atoms with Gasteiger partial charge in [-0.15, -0.1) is 0 Å². The van der Waals surface area contributed by atoms with Crippen molar-refractivity contribution in [2.75, 3.05) is 33.4 Å². The molecule has 0 aliphatic carbocycles. The molecule has 2 N–H and O–H groups in total. The molecule has 102 valence electrons. The van der Waals surface area contributed by atoms with E-state index >= 15 is 0 Å². The summed E-state index contributed by atoms with van der Waals surface area (Å²) >= 11 is 0. The zero-order valence-corrected chi connectivity index (χ0v) is 11.9. The van der Waals surface area contributed by atoms with Crippen LogP contribution in [0.1, 0.15) is 46.0 Å². The highest BCUT2D eigenvalue weighted by atomic mass is 16.5. The topological polar surface area (TPSA) is 38.5 Å². The molecule has 3 heteroatoms. The summed E-state index contributed by atoms with van der Waals surface area (Å²) in [6.07, 6.45) is 6.40. The number of methoxy groups -OCH3 is 1. The first-order valence-electron chi connectivity index (χ1n) is 7.10. The molecule has 0 aromatic heterocycles. The molecule has 1 saturated heterocycles. The van der Waals surface area contributed by atoms with Crippen molar-refractivity contribution in [2.45, 2.75) is 51.5 Å². The Morgan fingerprint density at radius 3 is 2.71 bits per heavy atom. The average Bonchev–Trinajstić information content (AvgIpc) is 2.61. The van der Waals surface area contributed by atoms with Crippen molar-refractivity contribution in [2.24, 2.45) is 11.7 Å². The van der Waals surface area contributed by atoms with Gasteiger partial charge in [-0.25, -0.2) is 0 Å². The monoisotopic (exact) mass is 242 g/mol. The third kappa shape index (κ3) is 4.23. The summed E-state index contributed by atoms with van der Waals surface area (Å²) in [7, 11) is 1.77. The second kappa shape index (κ2) is 7.34. The van der Waals surface area contributed by atoms with Crippen molar-refractivity contribution in [1.29, 1.82) is 0 Å². The summed E-state index contributed by atoms with van der Waals surface area (Å²) in [5.41, 5.74) is 6.12. The van der Waals surface area contributed by atoms with Gasteiger partial charge < -0.3 is 10.5 Å². The Morgan fingerprint density at radius 1 is 1.35 bits per heavy atom. The Hall–Kier alpha value is -0.120. The molecular weight excluding hydrogens is 212 g/mol. The lowest BCUT2D eigenvalue weighted by Gasteiger charge is -2.40. The third-order valence-electron chi connectivity index (χ3n) is 4.47. The fourth-order valence-electron chi connectivity index (χ4n) is 2.82. The van der Waals surface area contributed by atoms with Crippen LogP contribution in [0, 0.1) is 5.92 Å². The third-order valence-corrected chi connectivity index (χ3v) is 4.47. The molecule has 1 rings (SSSR count). The molecule has 17 heavy (non-hydrogen) atoms. The van der Waals surface area contributed by atoms with Crippen molar-refractivity contribution < 1.29 is 4.74 Å². The van der Waals surface area contributed by atoms with Crippen LogP contribution < -0.4 is 5.73 Å². The number of rotatable bonds is 6. The van der Waals surface area contributed by atoms with E-state index in [2.05, 4.69) is 18.7 Å². The highest BCUT2D eigenvalue weighted by Crippen LogP contribution is 2.26. The van der Waals surface area contributed by atoms with Gasteiger partial charge in [-0.3, -0.25) is 4.90 Å². The van der Waals surface area contributed by atoms with Gasteiger partial charge in [-0.05, 0) is 51.6 Å². The summed E-state index contributed by atoms with van der Waals surface area (Å²) in [5.74, 6) is 0.921. The van der Waals surface area contributed by atoms with Crippen LogP contribution >= 0.6 is 0 Å². The minimum Gasteiger partial charge on any atom is -0.385 e. The van der Waals surface area contributed by atoms with Gasteiger partial charge in [0.25, 0.3) is 0 Å². The Labute approximate surface area is 107 Å². The Balaban J connectivity index is 2.55. The van der Waals surface area contributed by atoms with E-state index in [1.165, 1.54) is 38.8 Å². The van der Waals surface area contributed by atoms with Gasteiger partial charge in [0, 0.05) is 25.8 Å². The zero-order chi connectivity index (χ0) is 12.7. The van der Waals surface area contributed by atoms with Gasteiger partial charge in [0.2, 0.25) is 0 Å². The number of ether oxygens (including phenoxy) is 1. The molecule has 1 aliphatic rings. The van der Waals surface area contributed by atoms with Crippen molar-refractivity contribution >= 4 is 0 Å². The van der Waals surface area contributed by atoms with Gasteiger partial charge >= 0.3 is 0 Å². The van der Waals surface area contributed by atoms with Crippen molar-refractivity contribution in [1.82, 2.24) is 4.90 Å². The summed E-state index contributed by atoms with van der Waals surface area (Å²) in [6.45, 7) is 8.55. The van der Waals surface area contributed by atoms with E-state index in [-0.39, 0.29) is 5.54 Å². The SMILES string of the molecule is CCC1CCCN(C(C)(CN)CCOC)CC1. The molecule has 0 aromatic rings. The first-order chi connectivity index (χ1) is 8.16. The number of likely N-dealkylation sites (tertiary alicyclic amines) is 1. The maximum atomic E-state index is 6.00. The Morgan fingerprint density at radius 2 is 2.12 bits per heavy atom. The number of nitrogens with zero attached hydrogens (tertiary/aromatic N) is 1. The van der Waals surface area contributed by atoms with E-state index in [1.54, 1.807) is 7.11 Å². The van der Waals surface area contributed by atoms with E-state index in [0.29, 0.717) is 0 Å². The maximum absolute atomic E-state index is 6.00. The molecule has 1 fully saturated rings. The number of hydrogen-bond donors (Lipinski definition) is 1. The molecule has 0 spiro atoms. The molecule has 0 saturated carbocycles. The highest BCUT2D eigenvalue weighted by Gasteiger charge is 2.31. The summed E-state index contributed by atoms with van der Waals surface area (Å²) in [5, 5.41) is 0. The largest absolute Gasteiger partial charge is 0.385 e. The van der Waals surface area contributed by atoms with Crippen LogP contribution in [0.4, 0.5) is 0 Å². The lowest BCUT2D eigenvalue weighted by atomic mass is 9.95. The van der Waals surface area contributed by atoms with Gasteiger partial charge in [-0.2, -0.15) is 0 Å². The molecule has 2 unspecified atom stereocenters. The van der Waals surface area contributed by atoms with Crippen molar-refractivity contribution in [3.63, 3.8) is 0 Å². The lowest BCUT2D eigenvalue weighted by Crippen LogP contribution is -2.52. The molecule has 0 amide bonds. The second-order valence-electron chi connectivity index (χ2n) is 5.64. The van der Waals surface area contributed by atoms with Crippen LogP contribution in [0.15, 0.2) is 0 Å². The first kappa shape index (κ1) is 14.9.